The third-order valence-corrected chi connectivity index (χ3v) is 4.97. The molecule has 2 atom stereocenters. The highest BCUT2D eigenvalue weighted by molar-refractivity contribution is 5.74. The second-order valence-electron chi connectivity index (χ2n) is 6.36. The third kappa shape index (κ3) is 3.64. The van der Waals surface area contributed by atoms with Crippen molar-refractivity contribution in [3.8, 4) is 11.1 Å². The molecule has 1 aliphatic carbocycles. The summed E-state index contributed by atoms with van der Waals surface area (Å²) in [5.74, 6) is 0.240. The molecule has 120 valence electrons. The first kappa shape index (κ1) is 15.8. The molecule has 23 heavy (non-hydrogen) atoms. The van der Waals surface area contributed by atoms with E-state index >= 15 is 0 Å². The molecule has 0 spiro atoms. The predicted molar refractivity (Wildman–Crippen MR) is 93.2 cm³/mol. The first-order valence-corrected chi connectivity index (χ1v) is 8.53. The van der Waals surface area contributed by atoms with E-state index in [0.29, 0.717) is 0 Å². The molecule has 0 saturated heterocycles. The summed E-state index contributed by atoms with van der Waals surface area (Å²) in [6, 6.07) is 19.1. The van der Waals surface area contributed by atoms with Crippen LogP contribution in [0.3, 0.4) is 0 Å². The van der Waals surface area contributed by atoms with Gasteiger partial charge in [-0.2, -0.15) is 0 Å². The van der Waals surface area contributed by atoms with Gasteiger partial charge in [0.05, 0.1) is 13.0 Å². The van der Waals surface area contributed by atoms with Gasteiger partial charge in [0.15, 0.2) is 0 Å². The van der Waals surface area contributed by atoms with Gasteiger partial charge in [-0.25, -0.2) is 0 Å². The van der Waals surface area contributed by atoms with Crippen LogP contribution in [0.25, 0.3) is 11.1 Å². The van der Waals surface area contributed by atoms with E-state index in [4.69, 9.17) is 4.74 Å². The minimum absolute atomic E-state index is 0.00470. The monoisotopic (exact) mass is 308 g/mol. The van der Waals surface area contributed by atoms with E-state index in [-0.39, 0.29) is 17.8 Å². The maximum Gasteiger partial charge on any atom is 0.309 e. The number of esters is 1. The summed E-state index contributed by atoms with van der Waals surface area (Å²) in [6.07, 6.45) is 5.55. The van der Waals surface area contributed by atoms with Gasteiger partial charge >= 0.3 is 5.97 Å². The molecule has 2 nitrogen and oxygen atoms in total. The van der Waals surface area contributed by atoms with Crippen LogP contribution in [0, 0.1) is 5.92 Å². The number of hydrogen-bond acceptors (Lipinski definition) is 2. The summed E-state index contributed by atoms with van der Waals surface area (Å²) < 4.78 is 5.05. The minimum Gasteiger partial charge on any atom is -0.469 e. The quantitative estimate of drug-likeness (QED) is 0.576. The van der Waals surface area contributed by atoms with Gasteiger partial charge < -0.3 is 4.74 Å². The number of carbonyl (C=O) groups is 1. The molecule has 1 fully saturated rings. The van der Waals surface area contributed by atoms with Crippen LogP contribution in [0.4, 0.5) is 0 Å². The summed E-state index contributed by atoms with van der Waals surface area (Å²) in [4.78, 5) is 12.2. The standard InChI is InChI=1S/C21H24O2/c1-23-21(22)20-11-7-3-6-10-19(20)18-14-12-17(13-15-18)16-8-4-2-5-9-16/h2,4-5,8-9,12-15,19-20H,3,6-7,10-11H2,1H3/t19-,20-/m1/s1. The Labute approximate surface area is 138 Å². The van der Waals surface area contributed by atoms with Gasteiger partial charge in [0, 0.05) is 0 Å². The van der Waals surface area contributed by atoms with Crippen molar-refractivity contribution in [1.29, 1.82) is 0 Å². The summed E-state index contributed by atoms with van der Waals surface area (Å²) in [5.41, 5.74) is 3.71. The molecule has 0 N–H and O–H groups in total. The molecule has 0 radical (unpaired) electrons. The van der Waals surface area contributed by atoms with E-state index in [9.17, 15) is 4.79 Å². The van der Waals surface area contributed by atoms with E-state index in [1.54, 1.807) is 0 Å². The van der Waals surface area contributed by atoms with Crippen molar-refractivity contribution in [3.05, 3.63) is 60.2 Å². The van der Waals surface area contributed by atoms with Crippen LogP contribution in [0.5, 0.6) is 0 Å². The first-order chi connectivity index (χ1) is 11.3. The second kappa shape index (κ2) is 7.45. The molecular weight excluding hydrogens is 284 g/mol. The van der Waals surface area contributed by atoms with Crippen LogP contribution in [0.1, 0.15) is 43.6 Å². The second-order valence-corrected chi connectivity index (χ2v) is 6.36. The van der Waals surface area contributed by atoms with Gasteiger partial charge in [-0.15, -0.1) is 0 Å². The molecule has 3 rings (SSSR count). The number of benzene rings is 2. The topological polar surface area (TPSA) is 26.3 Å². The summed E-state index contributed by atoms with van der Waals surface area (Å²) in [5, 5.41) is 0. The highest BCUT2D eigenvalue weighted by atomic mass is 16.5. The van der Waals surface area contributed by atoms with Crippen LogP contribution in [-0.4, -0.2) is 13.1 Å². The Morgan fingerprint density at radius 2 is 1.52 bits per heavy atom. The van der Waals surface area contributed by atoms with E-state index in [2.05, 4.69) is 48.5 Å². The molecule has 0 bridgehead atoms. The van der Waals surface area contributed by atoms with Gasteiger partial charge in [0.1, 0.15) is 0 Å². The van der Waals surface area contributed by atoms with Crippen LogP contribution in [0.2, 0.25) is 0 Å². The molecule has 0 amide bonds. The Kier molecular flexibility index (Phi) is 5.12. The zero-order valence-corrected chi connectivity index (χ0v) is 13.7. The van der Waals surface area contributed by atoms with Crippen LogP contribution in [-0.2, 0) is 9.53 Å². The fourth-order valence-corrected chi connectivity index (χ4v) is 3.69. The molecule has 2 heteroatoms. The van der Waals surface area contributed by atoms with Crippen LogP contribution < -0.4 is 0 Å². The van der Waals surface area contributed by atoms with E-state index < -0.39 is 0 Å². The molecular formula is C21H24O2. The number of carbonyl (C=O) groups excluding carboxylic acids is 1. The number of ether oxygens (including phenoxy) is 1. The van der Waals surface area contributed by atoms with Gasteiger partial charge in [0.25, 0.3) is 0 Å². The average Bonchev–Trinajstić information content (AvgIpc) is 2.88. The normalized spacial score (nSPS) is 21.4. The summed E-state index contributed by atoms with van der Waals surface area (Å²) in [6.45, 7) is 0. The summed E-state index contributed by atoms with van der Waals surface area (Å²) >= 11 is 0. The Bertz CT molecular complexity index is 631. The zero-order chi connectivity index (χ0) is 16.1. The number of rotatable bonds is 3. The molecule has 2 aromatic rings. The van der Waals surface area contributed by atoms with E-state index in [0.717, 1.165) is 19.3 Å². The molecule has 0 unspecified atom stereocenters. The SMILES string of the molecule is COC(=O)[C@@H]1CCCCC[C@@H]1c1ccc(-c2ccccc2)cc1. The van der Waals surface area contributed by atoms with Gasteiger partial charge in [0.2, 0.25) is 0 Å². The zero-order valence-electron chi connectivity index (χ0n) is 13.7. The minimum atomic E-state index is -0.0518. The molecule has 2 aromatic carbocycles. The van der Waals surface area contributed by atoms with Gasteiger partial charge in [-0.05, 0) is 35.4 Å². The summed E-state index contributed by atoms with van der Waals surface area (Å²) in [7, 11) is 1.50. The lowest BCUT2D eigenvalue weighted by molar-refractivity contribution is -0.146. The van der Waals surface area contributed by atoms with Crippen LogP contribution >= 0.6 is 0 Å². The number of hydrogen-bond donors (Lipinski definition) is 0. The van der Waals surface area contributed by atoms with Crippen molar-refractivity contribution in [2.45, 2.75) is 38.0 Å². The van der Waals surface area contributed by atoms with Crippen molar-refractivity contribution in [1.82, 2.24) is 0 Å². The lowest BCUT2D eigenvalue weighted by Crippen LogP contribution is -2.22. The van der Waals surface area contributed by atoms with Crippen molar-refractivity contribution in [3.63, 3.8) is 0 Å². The Morgan fingerprint density at radius 3 is 2.22 bits per heavy atom. The predicted octanol–water partition coefficient (Wildman–Crippen LogP) is 5.19. The molecule has 0 heterocycles. The van der Waals surface area contributed by atoms with Gasteiger partial charge in [-0.1, -0.05) is 73.9 Å². The lowest BCUT2D eigenvalue weighted by Gasteiger charge is -2.23. The lowest BCUT2D eigenvalue weighted by atomic mass is 9.82. The fraction of sp³-hybridized carbons (Fsp3) is 0.381. The highest BCUT2D eigenvalue weighted by Crippen LogP contribution is 2.37. The third-order valence-electron chi connectivity index (χ3n) is 4.97. The Hall–Kier alpha value is -2.09. The van der Waals surface area contributed by atoms with Gasteiger partial charge in [-0.3, -0.25) is 4.79 Å². The Morgan fingerprint density at radius 1 is 0.870 bits per heavy atom. The highest BCUT2D eigenvalue weighted by Gasteiger charge is 2.31. The molecule has 0 aliphatic heterocycles. The maximum absolute atomic E-state index is 12.2. The van der Waals surface area contributed by atoms with Crippen molar-refractivity contribution < 1.29 is 9.53 Å². The van der Waals surface area contributed by atoms with E-state index in [1.165, 1.54) is 36.6 Å². The van der Waals surface area contributed by atoms with Crippen molar-refractivity contribution in [2.24, 2.45) is 5.92 Å². The Balaban J connectivity index is 1.85. The van der Waals surface area contributed by atoms with Crippen LogP contribution in [0.15, 0.2) is 54.6 Å². The maximum atomic E-state index is 12.2. The average molecular weight is 308 g/mol. The first-order valence-electron chi connectivity index (χ1n) is 8.53. The van der Waals surface area contributed by atoms with Crippen molar-refractivity contribution in [2.75, 3.05) is 7.11 Å². The van der Waals surface area contributed by atoms with Crippen molar-refractivity contribution >= 4 is 5.97 Å². The molecule has 1 saturated carbocycles. The largest absolute Gasteiger partial charge is 0.469 e. The molecule has 0 aromatic heterocycles. The smallest absolute Gasteiger partial charge is 0.309 e. The fourth-order valence-electron chi connectivity index (χ4n) is 3.69. The van der Waals surface area contributed by atoms with E-state index in [1.807, 2.05) is 6.07 Å². The number of methoxy groups -OCH3 is 1. The molecule has 1 aliphatic rings.